The quantitative estimate of drug-likeness (QED) is 0.773. The maximum atomic E-state index is 13.0. The van der Waals surface area contributed by atoms with Gasteiger partial charge in [-0.25, -0.2) is 0 Å². The first kappa shape index (κ1) is 19.4. The summed E-state index contributed by atoms with van der Waals surface area (Å²) < 4.78 is 10.7. The van der Waals surface area contributed by atoms with Gasteiger partial charge in [-0.3, -0.25) is 9.59 Å². The number of hydrogen-bond donors (Lipinski definition) is 1. The van der Waals surface area contributed by atoms with Crippen molar-refractivity contribution in [2.24, 2.45) is 0 Å². The van der Waals surface area contributed by atoms with Crippen LogP contribution in [0, 0.1) is 0 Å². The van der Waals surface area contributed by atoms with Crippen LogP contribution in [0.5, 0.6) is 0 Å². The molecule has 0 spiro atoms. The van der Waals surface area contributed by atoms with Gasteiger partial charge in [0.05, 0.1) is 5.41 Å². The van der Waals surface area contributed by atoms with Gasteiger partial charge in [-0.15, -0.1) is 0 Å². The maximum Gasteiger partial charge on any atom is 0.325 e. The van der Waals surface area contributed by atoms with E-state index in [2.05, 4.69) is 5.32 Å². The van der Waals surface area contributed by atoms with Crippen molar-refractivity contribution >= 4 is 23.5 Å². The maximum absolute atomic E-state index is 13.0. The van der Waals surface area contributed by atoms with Crippen molar-refractivity contribution < 1.29 is 19.1 Å². The summed E-state index contributed by atoms with van der Waals surface area (Å²) in [6, 6.07) is 16.7. The molecular formula is C21H22ClNO4. The third kappa shape index (κ3) is 4.87. The van der Waals surface area contributed by atoms with E-state index in [4.69, 9.17) is 21.1 Å². The van der Waals surface area contributed by atoms with Crippen LogP contribution in [-0.2, 0) is 31.1 Å². The molecule has 1 heterocycles. The number of carbonyl (C=O) groups excluding carboxylic acids is 2. The Labute approximate surface area is 163 Å². The summed E-state index contributed by atoms with van der Waals surface area (Å²) in [5.41, 5.74) is 0.994. The standard InChI is InChI=1S/C21H22ClNO4/c22-18-8-4-7-17(13-18)21(9-11-26-12-10-21)20(25)23-14-19(24)27-15-16-5-2-1-3-6-16/h1-8,13H,9-12,14-15H2,(H,23,25). The minimum atomic E-state index is -0.747. The molecule has 0 aliphatic carbocycles. The summed E-state index contributed by atoms with van der Waals surface area (Å²) in [4.78, 5) is 25.0. The van der Waals surface area contributed by atoms with Crippen LogP contribution in [0.15, 0.2) is 54.6 Å². The first-order valence-corrected chi connectivity index (χ1v) is 9.30. The summed E-state index contributed by atoms with van der Waals surface area (Å²) >= 11 is 6.12. The van der Waals surface area contributed by atoms with Crippen LogP contribution < -0.4 is 5.32 Å². The minimum Gasteiger partial charge on any atom is -0.460 e. The summed E-state index contributed by atoms with van der Waals surface area (Å²) in [6.07, 6.45) is 1.08. The number of halogens is 1. The SMILES string of the molecule is O=C(CNC(=O)C1(c2cccc(Cl)c2)CCOCC1)OCc1ccccc1. The average molecular weight is 388 g/mol. The van der Waals surface area contributed by atoms with E-state index in [0.29, 0.717) is 31.1 Å². The predicted molar refractivity (Wildman–Crippen MR) is 102 cm³/mol. The molecule has 0 unspecified atom stereocenters. The van der Waals surface area contributed by atoms with Gasteiger partial charge in [0.25, 0.3) is 0 Å². The van der Waals surface area contributed by atoms with Crippen LogP contribution in [-0.4, -0.2) is 31.6 Å². The fourth-order valence-corrected chi connectivity index (χ4v) is 3.45. The van der Waals surface area contributed by atoms with Crippen molar-refractivity contribution in [2.75, 3.05) is 19.8 Å². The van der Waals surface area contributed by atoms with Crippen LogP contribution in [0.4, 0.5) is 0 Å². The number of benzene rings is 2. The van der Waals surface area contributed by atoms with Crippen molar-refractivity contribution in [3.05, 3.63) is 70.7 Å². The number of amides is 1. The van der Waals surface area contributed by atoms with E-state index in [0.717, 1.165) is 11.1 Å². The Bertz CT molecular complexity index is 788. The largest absolute Gasteiger partial charge is 0.460 e. The van der Waals surface area contributed by atoms with E-state index in [1.165, 1.54) is 0 Å². The van der Waals surface area contributed by atoms with Gasteiger partial charge in [0.2, 0.25) is 5.91 Å². The van der Waals surface area contributed by atoms with E-state index >= 15 is 0 Å². The van der Waals surface area contributed by atoms with Gasteiger partial charge in [0.15, 0.2) is 0 Å². The highest BCUT2D eigenvalue weighted by Crippen LogP contribution is 2.36. The van der Waals surface area contributed by atoms with Gasteiger partial charge in [0, 0.05) is 18.2 Å². The zero-order valence-corrected chi connectivity index (χ0v) is 15.7. The second kappa shape index (κ2) is 9.02. The van der Waals surface area contributed by atoms with Crippen LogP contribution >= 0.6 is 11.6 Å². The lowest BCUT2D eigenvalue weighted by Gasteiger charge is -2.36. The van der Waals surface area contributed by atoms with E-state index < -0.39 is 11.4 Å². The topological polar surface area (TPSA) is 64.6 Å². The number of rotatable bonds is 6. The molecule has 0 saturated carbocycles. The number of esters is 1. The molecule has 0 radical (unpaired) electrons. The zero-order chi connectivity index (χ0) is 19.1. The second-order valence-electron chi connectivity index (χ2n) is 6.53. The van der Waals surface area contributed by atoms with Gasteiger partial charge >= 0.3 is 5.97 Å². The number of carbonyl (C=O) groups is 2. The van der Waals surface area contributed by atoms with Crippen LogP contribution in [0.2, 0.25) is 5.02 Å². The van der Waals surface area contributed by atoms with Gasteiger partial charge in [-0.1, -0.05) is 54.1 Å². The lowest BCUT2D eigenvalue weighted by atomic mass is 9.73. The van der Waals surface area contributed by atoms with Gasteiger partial charge in [-0.2, -0.15) is 0 Å². The predicted octanol–water partition coefficient (Wildman–Crippen LogP) is 3.25. The number of hydrogen-bond acceptors (Lipinski definition) is 4. The fraction of sp³-hybridized carbons (Fsp3) is 0.333. The number of nitrogens with one attached hydrogen (secondary N) is 1. The molecule has 1 fully saturated rings. The highest BCUT2D eigenvalue weighted by molar-refractivity contribution is 6.30. The molecular weight excluding hydrogens is 366 g/mol. The Balaban J connectivity index is 1.62. The normalized spacial score (nSPS) is 15.7. The third-order valence-corrected chi connectivity index (χ3v) is 5.03. The van der Waals surface area contributed by atoms with E-state index in [9.17, 15) is 9.59 Å². The van der Waals surface area contributed by atoms with E-state index in [1.807, 2.05) is 42.5 Å². The molecule has 27 heavy (non-hydrogen) atoms. The lowest BCUT2D eigenvalue weighted by molar-refractivity contribution is -0.146. The molecule has 1 aliphatic rings. The minimum absolute atomic E-state index is 0.172. The van der Waals surface area contributed by atoms with Crippen molar-refractivity contribution in [3.63, 3.8) is 0 Å². The highest BCUT2D eigenvalue weighted by atomic mass is 35.5. The summed E-state index contributed by atoms with van der Waals surface area (Å²) in [7, 11) is 0. The molecule has 3 rings (SSSR count). The molecule has 2 aromatic rings. The molecule has 6 heteroatoms. The van der Waals surface area contributed by atoms with Gasteiger partial charge < -0.3 is 14.8 Å². The van der Waals surface area contributed by atoms with E-state index in [-0.39, 0.29) is 19.1 Å². The second-order valence-corrected chi connectivity index (χ2v) is 6.97. The fourth-order valence-electron chi connectivity index (χ4n) is 3.26. The molecule has 5 nitrogen and oxygen atoms in total. The monoisotopic (exact) mass is 387 g/mol. The summed E-state index contributed by atoms with van der Waals surface area (Å²) in [5, 5.41) is 3.31. The molecule has 0 aromatic heterocycles. The van der Waals surface area contributed by atoms with Crippen molar-refractivity contribution in [2.45, 2.75) is 24.9 Å². The Morgan fingerprint density at radius 2 is 1.81 bits per heavy atom. The Kier molecular flexibility index (Phi) is 6.48. The van der Waals surface area contributed by atoms with Crippen LogP contribution in [0.1, 0.15) is 24.0 Å². The average Bonchev–Trinajstić information content (AvgIpc) is 2.71. The molecule has 1 amide bonds. The van der Waals surface area contributed by atoms with Crippen LogP contribution in [0.3, 0.4) is 0 Å². The van der Waals surface area contributed by atoms with Crippen LogP contribution in [0.25, 0.3) is 0 Å². The Morgan fingerprint density at radius 1 is 1.07 bits per heavy atom. The first-order chi connectivity index (χ1) is 13.1. The van der Waals surface area contributed by atoms with Crippen molar-refractivity contribution in [3.8, 4) is 0 Å². The van der Waals surface area contributed by atoms with Gasteiger partial charge in [0.1, 0.15) is 13.2 Å². The number of ether oxygens (including phenoxy) is 2. The lowest BCUT2D eigenvalue weighted by Crippen LogP contribution is -2.49. The molecule has 142 valence electrons. The molecule has 2 aromatic carbocycles. The Morgan fingerprint density at radius 3 is 2.52 bits per heavy atom. The Hall–Kier alpha value is -2.37. The highest BCUT2D eigenvalue weighted by Gasteiger charge is 2.41. The molecule has 1 N–H and O–H groups in total. The van der Waals surface area contributed by atoms with Gasteiger partial charge in [-0.05, 0) is 36.1 Å². The molecule has 1 aliphatic heterocycles. The third-order valence-electron chi connectivity index (χ3n) is 4.79. The van der Waals surface area contributed by atoms with E-state index in [1.54, 1.807) is 12.1 Å². The van der Waals surface area contributed by atoms with Crippen molar-refractivity contribution in [1.82, 2.24) is 5.32 Å². The molecule has 1 saturated heterocycles. The zero-order valence-electron chi connectivity index (χ0n) is 14.9. The molecule has 0 bridgehead atoms. The smallest absolute Gasteiger partial charge is 0.325 e. The first-order valence-electron chi connectivity index (χ1n) is 8.92. The molecule has 0 atom stereocenters. The summed E-state index contributed by atoms with van der Waals surface area (Å²) in [5.74, 6) is -0.676. The summed E-state index contributed by atoms with van der Waals surface area (Å²) in [6.45, 7) is 0.981. The van der Waals surface area contributed by atoms with Crippen molar-refractivity contribution in [1.29, 1.82) is 0 Å².